The van der Waals surface area contributed by atoms with Gasteiger partial charge in [0.05, 0.1) is 17.1 Å². The minimum atomic E-state index is -3.18. The molecule has 0 atom stereocenters. The topological polar surface area (TPSA) is 68.3 Å². The molecule has 2 rings (SSSR count). The summed E-state index contributed by atoms with van der Waals surface area (Å²) in [6.45, 7) is 0. The van der Waals surface area contributed by atoms with Gasteiger partial charge in [0, 0.05) is 5.56 Å². The number of hydrogen-bond acceptors (Lipinski definition) is 4. The Morgan fingerprint density at radius 2 is 2.12 bits per heavy atom. The van der Waals surface area contributed by atoms with Gasteiger partial charge in [0.15, 0.2) is 15.6 Å². The molecule has 0 aromatic heterocycles. The van der Waals surface area contributed by atoms with Gasteiger partial charge in [0.2, 0.25) is 0 Å². The number of ketones is 1. The number of Topliss-reactive ketones (excluding diaryl/α,β-unsaturated/α-hetero) is 1. The summed E-state index contributed by atoms with van der Waals surface area (Å²) in [6.07, 6.45) is 1.64. The molecule has 0 saturated carbocycles. The zero-order valence-corrected chi connectivity index (χ0v) is 10.00. The second-order valence-electron chi connectivity index (χ2n) is 4.04. The standard InChI is InChI=1S/C12H12O4S/c13-6-5-11(14)9-3-4-12-10(8-9)2-1-7-17(12,15)16/h3-4,6,8H,1-2,5,7H2. The van der Waals surface area contributed by atoms with E-state index in [0.29, 0.717) is 35.2 Å². The van der Waals surface area contributed by atoms with Crippen LogP contribution in [-0.4, -0.2) is 26.2 Å². The number of rotatable bonds is 3. The fourth-order valence-electron chi connectivity index (χ4n) is 2.01. The molecule has 1 aromatic rings. The van der Waals surface area contributed by atoms with Crippen LogP contribution in [0.3, 0.4) is 0 Å². The Morgan fingerprint density at radius 3 is 2.82 bits per heavy atom. The van der Waals surface area contributed by atoms with Gasteiger partial charge in [-0.15, -0.1) is 0 Å². The van der Waals surface area contributed by atoms with Gasteiger partial charge in [-0.25, -0.2) is 8.42 Å². The highest BCUT2D eigenvalue weighted by atomic mass is 32.2. The van der Waals surface area contributed by atoms with Crippen LogP contribution >= 0.6 is 0 Å². The fourth-order valence-corrected chi connectivity index (χ4v) is 3.59. The largest absolute Gasteiger partial charge is 0.303 e. The van der Waals surface area contributed by atoms with Crippen molar-refractivity contribution in [1.82, 2.24) is 0 Å². The first kappa shape index (κ1) is 12.0. The lowest BCUT2D eigenvalue weighted by atomic mass is 10.0. The van der Waals surface area contributed by atoms with E-state index in [-0.39, 0.29) is 18.0 Å². The SMILES string of the molecule is O=CCC(=O)c1ccc2c(c1)CCCS2(=O)=O. The minimum absolute atomic E-state index is 0.161. The second-order valence-corrected chi connectivity index (χ2v) is 6.12. The molecular weight excluding hydrogens is 240 g/mol. The van der Waals surface area contributed by atoms with E-state index in [1.807, 2.05) is 0 Å². The van der Waals surface area contributed by atoms with E-state index in [2.05, 4.69) is 0 Å². The molecular formula is C12H12O4S. The Balaban J connectivity index is 2.45. The number of aldehydes is 1. The lowest BCUT2D eigenvalue weighted by Crippen LogP contribution is -2.16. The molecule has 0 saturated heterocycles. The van der Waals surface area contributed by atoms with E-state index in [9.17, 15) is 18.0 Å². The van der Waals surface area contributed by atoms with Crippen molar-refractivity contribution in [2.24, 2.45) is 0 Å². The predicted molar refractivity (Wildman–Crippen MR) is 61.8 cm³/mol. The number of benzene rings is 1. The summed E-state index contributed by atoms with van der Waals surface area (Å²) in [5.74, 6) is -0.104. The van der Waals surface area contributed by atoms with E-state index in [1.54, 1.807) is 6.07 Å². The Bertz CT molecular complexity index is 572. The highest BCUT2D eigenvalue weighted by Crippen LogP contribution is 2.26. The van der Waals surface area contributed by atoms with Crippen molar-refractivity contribution in [3.63, 3.8) is 0 Å². The van der Waals surface area contributed by atoms with Crippen LogP contribution in [0.4, 0.5) is 0 Å². The number of sulfone groups is 1. The molecule has 17 heavy (non-hydrogen) atoms. The van der Waals surface area contributed by atoms with Crippen LogP contribution in [0.1, 0.15) is 28.8 Å². The molecule has 0 N–H and O–H groups in total. The van der Waals surface area contributed by atoms with Gasteiger partial charge in [0.25, 0.3) is 0 Å². The summed E-state index contributed by atoms with van der Waals surface area (Å²) in [6, 6.07) is 4.55. The average Bonchev–Trinajstić information content (AvgIpc) is 2.28. The summed E-state index contributed by atoms with van der Waals surface area (Å²) in [4.78, 5) is 22.1. The Labute approximate surface area is 99.6 Å². The molecule has 0 bridgehead atoms. The van der Waals surface area contributed by atoms with Crippen molar-refractivity contribution in [2.45, 2.75) is 24.2 Å². The molecule has 90 valence electrons. The third kappa shape index (κ3) is 2.29. The Morgan fingerprint density at radius 1 is 1.35 bits per heavy atom. The van der Waals surface area contributed by atoms with Crippen LogP contribution in [0.5, 0.6) is 0 Å². The van der Waals surface area contributed by atoms with E-state index < -0.39 is 9.84 Å². The zero-order valence-electron chi connectivity index (χ0n) is 9.18. The normalized spacial score (nSPS) is 17.2. The molecule has 1 aliphatic heterocycles. The van der Waals surface area contributed by atoms with Crippen molar-refractivity contribution in [3.05, 3.63) is 29.3 Å². The number of aryl methyl sites for hydroxylation is 1. The van der Waals surface area contributed by atoms with Gasteiger partial charge in [-0.2, -0.15) is 0 Å². The number of hydrogen-bond donors (Lipinski definition) is 0. The predicted octanol–water partition coefficient (Wildman–Crippen LogP) is 1.18. The first-order chi connectivity index (χ1) is 8.04. The number of carbonyl (C=O) groups is 2. The van der Waals surface area contributed by atoms with Gasteiger partial charge >= 0.3 is 0 Å². The highest BCUT2D eigenvalue weighted by Gasteiger charge is 2.24. The molecule has 0 radical (unpaired) electrons. The maximum atomic E-state index is 11.7. The average molecular weight is 252 g/mol. The summed E-state index contributed by atoms with van der Waals surface area (Å²) in [5, 5.41) is 0. The lowest BCUT2D eigenvalue weighted by molar-refractivity contribution is -0.107. The monoisotopic (exact) mass is 252 g/mol. The quantitative estimate of drug-likeness (QED) is 0.460. The first-order valence-electron chi connectivity index (χ1n) is 5.37. The molecule has 0 unspecified atom stereocenters. The second kappa shape index (κ2) is 4.41. The van der Waals surface area contributed by atoms with Crippen molar-refractivity contribution in [3.8, 4) is 0 Å². The summed E-state index contributed by atoms with van der Waals surface area (Å²) in [5.41, 5.74) is 1.10. The van der Waals surface area contributed by atoms with E-state index >= 15 is 0 Å². The van der Waals surface area contributed by atoms with Crippen LogP contribution in [0, 0.1) is 0 Å². The van der Waals surface area contributed by atoms with E-state index in [1.165, 1.54) is 12.1 Å². The fraction of sp³-hybridized carbons (Fsp3) is 0.333. The smallest absolute Gasteiger partial charge is 0.178 e. The first-order valence-corrected chi connectivity index (χ1v) is 7.02. The van der Waals surface area contributed by atoms with Gasteiger partial charge in [0.1, 0.15) is 6.29 Å². The summed E-state index contributed by atoms with van der Waals surface area (Å²) < 4.78 is 23.5. The van der Waals surface area contributed by atoms with E-state index in [0.717, 1.165) is 0 Å². The summed E-state index contributed by atoms with van der Waals surface area (Å²) >= 11 is 0. The maximum Gasteiger partial charge on any atom is 0.178 e. The van der Waals surface area contributed by atoms with Crippen LogP contribution < -0.4 is 0 Å². The van der Waals surface area contributed by atoms with Crippen molar-refractivity contribution in [2.75, 3.05) is 5.75 Å². The van der Waals surface area contributed by atoms with E-state index in [4.69, 9.17) is 0 Å². The van der Waals surface area contributed by atoms with Crippen LogP contribution in [-0.2, 0) is 21.1 Å². The summed E-state index contributed by atoms with van der Waals surface area (Å²) in [7, 11) is -3.18. The lowest BCUT2D eigenvalue weighted by Gasteiger charge is -2.16. The Kier molecular flexibility index (Phi) is 3.11. The molecule has 1 aromatic carbocycles. The third-order valence-corrected chi connectivity index (χ3v) is 4.74. The number of carbonyl (C=O) groups excluding carboxylic acids is 2. The molecule has 5 heteroatoms. The molecule has 0 aliphatic carbocycles. The number of fused-ring (bicyclic) bond motifs is 1. The van der Waals surface area contributed by atoms with Crippen molar-refractivity contribution >= 4 is 21.9 Å². The molecule has 1 heterocycles. The molecule has 4 nitrogen and oxygen atoms in total. The van der Waals surface area contributed by atoms with Crippen molar-refractivity contribution in [1.29, 1.82) is 0 Å². The zero-order chi connectivity index (χ0) is 12.5. The molecule has 1 aliphatic rings. The Hall–Kier alpha value is -1.49. The van der Waals surface area contributed by atoms with Crippen molar-refractivity contribution < 1.29 is 18.0 Å². The van der Waals surface area contributed by atoms with Gasteiger partial charge < -0.3 is 4.79 Å². The minimum Gasteiger partial charge on any atom is -0.303 e. The molecule has 0 amide bonds. The van der Waals surface area contributed by atoms with Crippen LogP contribution in [0.2, 0.25) is 0 Å². The maximum absolute atomic E-state index is 11.7. The van der Waals surface area contributed by atoms with Crippen LogP contribution in [0.15, 0.2) is 23.1 Å². The van der Waals surface area contributed by atoms with Gasteiger partial charge in [-0.3, -0.25) is 4.79 Å². The van der Waals surface area contributed by atoms with Gasteiger partial charge in [-0.05, 0) is 30.5 Å². The third-order valence-electron chi connectivity index (χ3n) is 2.85. The van der Waals surface area contributed by atoms with Crippen LogP contribution in [0.25, 0.3) is 0 Å². The molecule has 0 fully saturated rings. The molecule has 0 spiro atoms. The highest BCUT2D eigenvalue weighted by molar-refractivity contribution is 7.91. The van der Waals surface area contributed by atoms with Gasteiger partial charge in [-0.1, -0.05) is 6.07 Å².